The Hall–Kier alpha value is -1.46. The van der Waals surface area contributed by atoms with Crippen molar-refractivity contribution in [3.63, 3.8) is 0 Å². The lowest BCUT2D eigenvalue weighted by Crippen LogP contribution is -2.49. The first-order valence-corrected chi connectivity index (χ1v) is 8.97. The molecule has 4 nitrogen and oxygen atoms in total. The summed E-state index contributed by atoms with van der Waals surface area (Å²) in [7, 11) is 1.85. The van der Waals surface area contributed by atoms with E-state index in [-0.39, 0.29) is 23.8 Å². The van der Waals surface area contributed by atoms with Gasteiger partial charge in [-0.3, -0.25) is 4.79 Å². The molecule has 0 aliphatic carbocycles. The number of likely N-dealkylation sites (tertiary alicyclic amines) is 2. The molecular formula is C19H28FN3O. The summed E-state index contributed by atoms with van der Waals surface area (Å²) in [6.45, 7) is 6.69. The molecule has 1 aromatic rings. The molecule has 0 bridgehead atoms. The summed E-state index contributed by atoms with van der Waals surface area (Å²) in [5, 5.41) is 3.72. The summed E-state index contributed by atoms with van der Waals surface area (Å²) in [4.78, 5) is 16.5. The van der Waals surface area contributed by atoms with Gasteiger partial charge in [-0.2, -0.15) is 0 Å². The number of nitrogens with zero attached hydrogens (tertiary/aromatic N) is 2. The van der Waals surface area contributed by atoms with Crippen molar-refractivity contribution in [3.05, 3.63) is 35.6 Å². The molecule has 1 amide bonds. The van der Waals surface area contributed by atoms with Gasteiger partial charge >= 0.3 is 0 Å². The second kappa shape index (κ2) is 7.19. The van der Waals surface area contributed by atoms with E-state index in [9.17, 15) is 9.18 Å². The molecule has 0 spiro atoms. The molecule has 2 saturated heterocycles. The SMILES string of the molecule is CC(C)N1CCC(N[C@@H]2CC(=O)N(C)[C@@H]2c2ccc(F)cc2)CC1. The van der Waals surface area contributed by atoms with Crippen LogP contribution in [0.5, 0.6) is 0 Å². The number of piperidine rings is 1. The molecule has 2 aliphatic heterocycles. The zero-order chi connectivity index (χ0) is 17.3. The standard InChI is InChI=1S/C19H28FN3O/c1-13(2)23-10-8-16(9-11-23)21-17-12-18(24)22(3)19(17)14-4-6-15(20)7-5-14/h4-7,13,16-17,19,21H,8-12H2,1-3H3/t17-,19-/m1/s1. The number of carbonyl (C=O) groups excluding carboxylic acids is 1. The maximum absolute atomic E-state index is 13.2. The van der Waals surface area contributed by atoms with E-state index in [1.54, 1.807) is 17.0 Å². The maximum Gasteiger partial charge on any atom is 0.224 e. The Kier molecular flexibility index (Phi) is 5.21. The van der Waals surface area contributed by atoms with Crippen molar-refractivity contribution < 1.29 is 9.18 Å². The van der Waals surface area contributed by atoms with Crippen LogP contribution in [0.3, 0.4) is 0 Å². The fraction of sp³-hybridized carbons (Fsp3) is 0.632. The first-order valence-electron chi connectivity index (χ1n) is 8.97. The van der Waals surface area contributed by atoms with Crippen LogP contribution in [0, 0.1) is 5.82 Å². The van der Waals surface area contributed by atoms with Gasteiger partial charge in [0, 0.05) is 31.6 Å². The van der Waals surface area contributed by atoms with Crippen LogP contribution < -0.4 is 5.32 Å². The molecule has 5 heteroatoms. The molecule has 132 valence electrons. The number of hydrogen-bond donors (Lipinski definition) is 1. The Morgan fingerprint density at radius 2 is 1.79 bits per heavy atom. The minimum absolute atomic E-state index is 0.0128. The summed E-state index contributed by atoms with van der Waals surface area (Å²) in [6, 6.07) is 7.68. The Balaban J connectivity index is 1.67. The molecule has 0 radical (unpaired) electrons. The molecule has 2 heterocycles. The number of halogens is 1. The number of amides is 1. The molecule has 2 atom stereocenters. The van der Waals surface area contributed by atoms with E-state index < -0.39 is 0 Å². The number of hydrogen-bond acceptors (Lipinski definition) is 3. The first-order chi connectivity index (χ1) is 11.5. The van der Waals surface area contributed by atoms with Gasteiger partial charge < -0.3 is 15.1 Å². The summed E-state index contributed by atoms with van der Waals surface area (Å²) < 4.78 is 13.2. The lowest BCUT2D eigenvalue weighted by molar-refractivity contribution is -0.127. The van der Waals surface area contributed by atoms with Gasteiger partial charge in [0.05, 0.1) is 6.04 Å². The zero-order valence-corrected chi connectivity index (χ0v) is 14.8. The van der Waals surface area contributed by atoms with Crippen LogP contribution in [-0.2, 0) is 4.79 Å². The van der Waals surface area contributed by atoms with Gasteiger partial charge in [-0.05, 0) is 57.5 Å². The average molecular weight is 333 g/mol. The van der Waals surface area contributed by atoms with E-state index in [1.807, 2.05) is 7.05 Å². The molecule has 2 aliphatic rings. The minimum Gasteiger partial charge on any atom is -0.337 e. The van der Waals surface area contributed by atoms with Crippen molar-refractivity contribution in [2.24, 2.45) is 0 Å². The van der Waals surface area contributed by atoms with Crippen molar-refractivity contribution in [1.29, 1.82) is 0 Å². The fourth-order valence-electron chi connectivity index (χ4n) is 4.02. The number of benzene rings is 1. The third-order valence-electron chi connectivity index (χ3n) is 5.51. The van der Waals surface area contributed by atoms with E-state index in [0.29, 0.717) is 18.5 Å². The lowest BCUT2D eigenvalue weighted by Gasteiger charge is -2.37. The Labute approximate surface area is 144 Å². The first kappa shape index (κ1) is 17.4. The van der Waals surface area contributed by atoms with Crippen molar-refractivity contribution in [2.45, 2.75) is 57.3 Å². The topological polar surface area (TPSA) is 35.6 Å². The van der Waals surface area contributed by atoms with Crippen LogP contribution in [0.15, 0.2) is 24.3 Å². The predicted octanol–water partition coefficient (Wildman–Crippen LogP) is 2.56. The molecule has 0 saturated carbocycles. The smallest absolute Gasteiger partial charge is 0.224 e. The molecule has 0 aromatic heterocycles. The summed E-state index contributed by atoms with van der Waals surface area (Å²) in [5.41, 5.74) is 1.00. The Bertz CT molecular complexity index is 566. The van der Waals surface area contributed by atoms with Gasteiger partial charge in [0.1, 0.15) is 5.82 Å². The quantitative estimate of drug-likeness (QED) is 0.920. The van der Waals surface area contributed by atoms with Crippen molar-refractivity contribution in [1.82, 2.24) is 15.1 Å². The monoisotopic (exact) mass is 333 g/mol. The highest BCUT2D eigenvalue weighted by Crippen LogP contribution is 2.33. The van der Waals surface area contributed by atoms with Crippen molar-refractivity contribution >= 4 is 5.91 Å². The van der Waals surface area contributed by atoms with Crippen LogP contribution in [-0.4, -0.2) is 54.0 Å². The molecular weight excluding hydrogens is 305 g/mol. The summed E-state index contributed by atoms with van der Waals surface area (Å²) in [6.07, 6.45) is 2.74. The highest BCUT2D eigenvalue weighted by atomic mass is 19.1. The molecule has 3 rings (SSSR count). The van der Waals surface area contributed by atoms with E-state index in [2.05, 4.69) is 24.1 Å². The predicted molar refractivity (Wildman–Crippen MR) is 93.2 cm³/mol. The maximum atomic E-state index is 13.2. The van der Waals surface area contributed by atoms with E-state index in [1.165, 1.54) is 12.1 Å². The number of rotatable bonds is 4. The zero-order valence-electron chi connectivity index (χ0n) is 14.8. The minimum atomic E-state index is -0.240. The average Bonchev–Trinajstić information content (AvgIpc) is 2.83. The summed E-state index contributed by atoms with van der Waals surface area (Å²) in [5.74, 6) is -0.0854. The molecule has 1 aromatic carbocycles. The van der Waals surface area contributed by atoms with Gasteiger partial charge in [0.25, 0.3) is 0 Å². The number of nitrogens with one attached hydrogen (secondary N) is 1. The van der Waals surface area contributed by atoms with E-state index in [0.717, 1.165) is 31.5 Å². The van der Waals surface area contributed by atoms with Gasteiger partial charge in [-0.1, -0.05) is 12.1 Å². The highest BCUT2D eigenvalue weighted by molar-refractivity contribution is 5.80. The third kappa shape index (κ3) is 3.62. The molecule has 2 fully saturated rings. The molecule has 24 heavy (non-hydrogen) atoms. The van der Waals surface area contributed by atoms with Crippen LogP contribution >= 0.6 is 0 Å². The van der Waals surface area contributed by atoms with Crippen LogP contribution in [0.25, 0.3) is 0 Å². The fourth-order valence-corrected chi connectivity index (χ4v) is 4.02. The van der Waals surface area contributed by atoms with Crippen molar-refractivity contribution in [2.75, 3.05) is 20.1 Å². The largest absolute Gasteiger partial charge is 0.337 e. The summed E-state index contributed by atoms with van der Waals surface area (Å²) >= 11 is 0. The molecule has 0 unspecified atom stereocenters. The van der Waals surface area contributed by atoms with Gasteiger partial charge in [0.15, 0.2) is 0 Å². The van der Waals surface area contributed by atoms with Gasteiger partial charge in [-0.15, -0.1) is 0 Å². The van der Waals surface area contributed by atoms with Gasteiger partial charge in [-0.25, -0.2) is 4.39 Å². The third-order valence-corrected chi connectivity index (χ3v) is 5.51. The van der Waals surface area contributed by atoms with Gasteiger partial charge in [0.2, 0.25) is 5.91 Å². The van der Waals surface area contributed by atoms with Crippen LogP contribution in [0.1, 0.15) is 44.7 Å². The number of carbonyl (C=O) groups is 1. The van der Waals surface area contributed by atoms with E-state index >= 15 is 0 Å². The second-order valence-corrected chi connectivity index (χ2v) is 7.38. The highest BCUT2D eigenvalue weighted by Gasteiger charge is 2.39. The second-order valence-electron chi connectivity index (χ2n) is 7.38. The Morgan fingerprint density at radius 3 is 2.38 bits per heavy atom. The van der Waals surface area contributed by atoms with Crippen LogP contribution in [0.2, 0.25) is 0 Å². The Morgan fingerprint density at radius 1 is 1.17 bits per heavy atom. The molecule has 1 N–H and O–H groups in total. The lowest BCUT2D eigenvalue weighted by atomic mass is 9.96. The van der Waals surface area contributed by atoms with E-state index in [4.69, 9.17) is 0 Å². The normalized spacial score (nSPS) is 26.5. The van der Waals surface area contributed by atoms with Crippen molar-refractivity contribution in [3.8, 4) is 0 Å². The number of likely N-dealkylation sites (N-methyl/N-ethyl adjacent to an activating group) is 1. The van der Waals surface area contributed by atoms with Crippen LogP contribution in [0.4, 0.5) is 4.39 Å².